The summed E-state index contributed by atoms with van der Waals surface area (Å²) in [5, 5.41) is 11.4. The molecule has 0 saturated carbocycles. The van der Waals surface area contributed by atoms with Crippen molar-refractivity contribution in [2.45, 2.75) is 31.1 Å². The Kier molecular flexibility index (Phi) is 4.38. The number of alkyl halides is 3. The second-order valence-corrected chi connectivity index (χ2v) is 6.79. The first-order chi connectivity index (χ1) is 13.4. The number of anilines is 1. The predicted octanol–water partition coefficient (Wildman–Crippen LogP) is 4.05. The van der Waals surface area contributed by atoms with Gasteiger partial charge >= 0.3 is 12.1 Å². The van der Waals surface area contributed by atoms with Gasteiger partial charge in [0.1, 0.15) is 5.75 Å². The van der Waals surface area contributed by atoms with Gasteiger partial charge in [0.25, 0.3) is 0 Å². The maximum Gasteiger partial charge on any atom is 0.471 e. The lowest BCUT2D eigenvalue weighted by molar-refractivity contribution is -0.174. The van der Waals surface area contributed by atoms with E-state index in [9.17, 15) is 23.2 Å². The van der Waals surface area contributed by atoms with E-state index in [-0.39, 0.29) is 0 Å². The Morgan fingerprint density at radius 1 is 1.21 bits per heavy atom. The van der Waals surface area contributed by atoms with Crippen molar-refractivity contribution in [1.82, 2.24) is 5.32 Å². The van der Waals surface area contributed by atoms with Crippen LogP contribution >= 0.6 is 0 Å². The van der Waals surface area contributed by atoms with E-state index in [4.69, 9.17) is 4.74 Å². The van der Waals surface area contributed by atoms with Crippen LogP contribution in [0.3, 0.4) is 0 Å². The number of carbonyl (C=O) groups is 1. The van der Waals surface area contributed by atoms with Crippen molar-refractivity contribution in [1.29, 1.82) is 5.26 Å². The summed E-state index contributed by atoms with van der Waals surface area (Å²) in [6.45, 7) is 0.572. The second-order valence-electron chi connectivity index (χ2n) is 6.79. The molecule has 2 aromatic rings. The average Bonchev–Trinajstić information content (AvgIpc) is 2.82. The van der Waals surface area contributed by atoms with Crippen LogP contribution in [0.5, 0.6) is 11.5 Å². The third-order valence-corrected chi connectivity index (χ3v) is 5.06. The molecule has 2 unspecified atom stereocenters. The number of hydrogen-bond donors (Lipinski definition) is 1. The molecule has 0 radical (unpaired) electrons. The molecule has 2 aromatic carbocycles. The van der Waals surface area contributed by atoms with E-state index in [0.29, 0.717) is 47.7 Å². The number of carbonyl (C=O) groups excluding carboxylic acids is 1. The molecule has 1 amide bonds. The molecule has 2 aliphatic heterocycles. The standard InChI is InChI=1S/C20H16F3N3O2/c21-20(22,23)19(27)25-14-5-3-9-26-15-10-12(11-24)7-8-17(15)28-16-6-2-1-4-13(16)18(14)26/h1-2,4,6-8,10,14,18H,3,5,9H2,(H,25,27). The fraction of sp³-hybridized carbons (Fsp3) is 0.300. The summed E-state index contributed by atoms with van der Waals surface area (Å²) in [6.07, 6.45) is -3.95. The molecule has 2 atom stereocenters. The Hall–Kier alpha value is -3.21. The molecule has 8 heteroatoms. The van der Waals surface area contributed by atoms with Gasteiger partial charge in [-0.3, -0.25) is 4.79 Å². The Labute approximate surface area is 159 Å². The van der Waals surface area contributed by atoms with E-state index in [1.165, 1.54) is 0 Å². The number of rotatable bonds is 1. The summed E-state index contributed by atoms with van der Waals surface area (Å²) in [4.78, 5) is 13.5. The van der Waals surface area contributed by atoms with Gasteiger partial charge in [-0.2, -0.15) is 18.4 Å². The van der Waals surface area contributed by atoms with E-state index in [2.05, 4.69) is 11.4 Å². The van der Waals surface area contributed by atoms with Gasteiger partial charge in [0, 0.05) is 12.1 Å². The highest BCUT2D eigenvalue weighted by Crippen LogP contribution is 2.47. The highest BCUT2D eigenvalue weighted by molar-refractivity contribution is 5.82. The number of ether oxygens (including phenoxy) is 1. The van der Waals surface area contributed by atoms with Crippen LogP contribution in [0.25, 0.3) is 0 Å². The minimum absolute atomic E-state index is 0.407. The molecule has 1 N–H and O–H groups in total. The molecule has 144 valence electrons. The second kappa shape index (κ2) is 6.75. The van der Waals surface area contributed by atoms with Crippen molar-refractivity contribution < 1.29 is 22.7 Å². The summed E-state index contributed by atoms with van der Waals surface area (Å²) in [5.74, 6) is -0.904. The quantitative estimate of drug-likeness (QED) is 0.802. The third-order valence-electron chi connectivity index (χ3n) is 5.06. The van der Waals surface area contributed by atoms with Gasteiger partial charge in [-0.05, 0) is 37.1 Å². The lowest BCUT2D eigenvalue weighted by atomic mass is 9.89. The van der Waals surface area contributed by atoms with Gasteiger partial charge in [0.15, 0.2) is 5.75 Å². The van der Waals surface area contributed by atoms with Crippen LogP contribution in [0.4, 0.5) is 18.9 Å². The zero-order valence-corrected chi connectivity index (χ0v) is 14.7. The third kappa shape index (κ3) is 3.13. The molecule has 2 heterocycles. The molecule has 2 aliphatic rings. The Morgan fingerprint density at radius 3 is 2.75 bits per heavy atom. The van der Waals surface area contributed by atoms with Crippen molar-refractivity contribution in [3.63, 3.8) is 0 Å². The predicted molar refractivity (Wildman–Crippen MR) is 95.0 cm³/mol. The number of piperidine rings is 1. The fourth-order valence-corrected chi connectivity index (χ4v) is 3.89. The molecular formula is C20H16F3N3O2. The number of halogens is 3. The van der Waals surface area contributed by atoms with Crippen LogP contribution in [-0.4, -0.2) is 24.7 Å². The maximum absolute atomic E-state index is 12.9. The van der Waals surface area contributed by atoms with Crippen molar-refractivity contribution in [3.05, 3.63) is 53.6 Å². The average molecular weight is 387 g/mol. The maximum atomic E-state index is 12.9. The Bertz CT molecular complexity index is 968. The number of amides is 1. The van der Waals surface area contributed by atoms with E-state index in [0.717, 1.165) is 0 Å². The Morgan fingerprint density at radius 2 is 2.00 bits per heavy atom. The molecule has 1 fully saturated rings. The van der Waals surface area contributed by atoms with Gasteiger partial charge < -0.3 is 15.0 Å². The summed E-state index contributed by atoms with van der Waals surface area (Å²) in [6, 6.07) is 12.9. The van der Waals surface area contributed by atoms with E-state index >= 15 is 0 Å². The highest BCUT2D eigenvalue weighted by Gasteiger charge is 2.44. The number of nitriles is 1. The molecule has 0 bridgehead atoms. The van der Waals surface area contributed by atoms with Gasteiger partial charge in [0.05, 0.1) is 29.4 Å². The summed E-state index contributed by atoms with van der Waals surface area (Å²) in [5.41, 5.74) is 1.75. The molecule has 28 heavy (non-hydrogen) atoms. The lowest BCUT2D eigenvalue weighted by Gasteiger charge is -2.42. The van der Waals surface area contributed by atoms with E-state index in [1.807, 2.05) is 4.90 Å². The number of fused-ring (bicyclic) bond motifs is 5. The van der Waals surface area contributed by atoms with Gasteiger partial charge in [-0.15, -0.1) is 0 Å². The van der Waals surface area contributed by atoms with Gasteiger partial charge in [0.2, 0.25) is 0 Å². The fourth-order valence-electron chi connectivity index (χ4n) is 3.89. The smallest absolute Gasteiger partial charge is 0.455 e. The summed E-state index contributed by atoms with van der Waals surface area (Å²) >= 11 is 0. The zero-order chi connectivity index (χ0) is 19.9. The first-order valence-electron chi connectivity index (χ1n) is 8.84. The SMILES string of the molecule is N#Cc1ccc2c(c1)N1CCCC(NC(=O)C(F)(F)F)C1c1ccccc1O2. The van der Waals surface area contributed by atoms with Crippen LogP contribution < -0.4 is 15.0 Å². The van der Waals surface area contributed by atoms with E-state index in [1.54, 1.807) is 42.5 Å². The minimum Gasteiger partial charge on any atom is -0.455 e. The topological polar surface area (TPSA) is 65.4 Å². The van der Waals surface area contributed by atoms with E-state index < -0.39 is 24.2 Å². The van der Waals surface area contributed by atoms with Crippen LogP contribution in [0.15, 0.2) is 42.5 Å². The monoisotopic (exact) mass is 387 g/mol. The minimum atomic E-state index is -4.95. The van der Waals surface area contributed by atoms with Gasteiger partial charge in [-0.25, -0.2) is 0 Å². The zero-order valence-electron chi connectivity index (χ0n) is 14.7. The first kappa shape index (κ1) is 18.2. The van der Waals surface area contributed by atoms with Crippen LogP contribution in [0, 0.1) is 11.3 Å². The van der Waals surface area contributed by atoms with Crippen LogP contribution in [0.2, 0.25) is 0 Å². The largest absolute Gasteiger partial charge is 0.471 e. The molecular weight excluding hydrogens is 371 g/mol. The molecule has 0 aromatic heterocycles. The van der Waals surface area contributed by atoms with Crippen molar-refractivity contribution in [2.75, 3.05) is 11.4 Å². The van der Waals surface area contributed by atoms with Crippen molar-refractivity contribution in [3.8, 4) is 17.6 Å². The summed E-state index contributed by atoms with van der Waals surface area (Å²) < 4.78 is 44.6. The first-order valence-corrected chi connectivity index (χ1v) is 8.84. The lowest BCUT2D eigenvalue weighted by Crippen LogP contribution is -2.52. The normalized spacial score (nSPS) is 20.6. The number of para-hydroxylation sites is 1. The molecule has 1 saturated heterocycles. The van der Waals surface area contributed by atoms with Crippen LogP contribution in [-0.2, 0) is 4.79 Å². The van der Waals surface area contributed by atoms with Gasteiger partial charge in [-0.1, -0.05) is 18.2 Å². The number of hydrogen-bond acceptors (Lipinski definition) is 4. The van der Waals surface area contributed by atoms with Crippen molar-refractivity contribution >= 4 is 11.6 Å². The number of nitrogens with zero attached hydrogens (tertiary/aromatic N) is 2. The van der Waals surface area contributed by atoms with Crippen LogP contribution in [0.1, 0.15) is 30.0 Å². The molecule has 0 spiro atoms. The molecule has 5 nitrogen and oxygen atoms in total. The summed E-state index contributed by atoms with van der Waals surface area (Å²) in [7, 11) is 0. The van der Waals surface area contributed by atoms with Crippen molar-refractivity contribution in [2.24, 2.45) is 0 Å². The number of benzene rings is 2. The Balaban J connectivity index is 1.82. The number of nitrogens with one attached hydrogen (secondary N) is 1. The molecule has 0 aliphatic carbocycles. The molecule has 4 rings (SSSR count). The highest BCUT2D eigenvalue weighted by atomic mass is 19.4.